The van der Waals surface area contributed by atoms with E-state index in [2.05, 4.69) is 15.2 Å². The van der Waals surface area contributed by atoms with Crippen molar-refractivity contribution in [1.29, 1.82) is 0 Å². The number of thioether (sulfide) groups is 1. The third-order valence-corrected chi connectivity index (χ3v) is 9.33. The zero-order valence-electron chi connectivity index (χ0n) is 20.3. The number of aliphatic hydroxyl groups excluding tert-OH is 1. The van der Waals surface area contributed by atoms with Crippen molar-refractivity contribution in [3.05, 3.63) is 104 Å². The van der Waals surface area contributed by atoms with Crippen LogP contribution in [-0.4, -0.2) is 38.0 Å². The van der Waals surface area contributed by atoms with Crippen LogP contribution in [0, 0.1) is 13.8 Å². The highest BCUT2D eigenvalue weighted by Gasteiger charge is 2.44. The maximum atomic E-state index is 13.6. The average molecular weight is 581 g/mol. The second-order valence-electron chi connectivity index (χ2n) is 8.36. The molecule has 2 aromatic carbocycles. The van der Waals surface area contributed by atoms with E-state index in [0.717, 1.165) is 16.1 Å². The van der Waals surface area contributed by atoms with Gasteiger partial charge in [0.25, 0.3) is 5.91 Å². The number of aliphatic hydroxyl groups is 1. The molecule has 7 nitrogen and oxygen atoms in total. The number of amides is 1. The molecule has 1 N–H and O–H groups in total. The zero-order chi connectivity index (χ0) is 26.8. The summed E-state index contributed by atoms with van der Waals surface area (Å²) < 4.78 is 0.631. The molecule has 2 aromatic heterocycles. The fourth-order valence-corrected chi connectivity index (χ4v) is 7.03. The van der Waals surface area contributed by atoms with Crippen LogP contribution in [0.2, 0.25) is 5.02 Å². The summed E-state index contributed by atoms with van der Waals surface area (Å²) in [6.07, 6.45) is 3.54. The Hall–Kier alpha value is -3.31. The van der Waals surface area contributed by atoms with Crippen molar-refractivity contribution >= 4 is 68.9 Å². The fraction of sp³-hybridized carbons (Fsp3) is 0.148. The molecule has 192 valence electrons. The summed E-state index contributed by atoms with van der Waals surface area (Å²) in [5, 5.41) is 21.1. The molecule has 1 aliphatic heterocycles. The van der Waals surface area contributed by atoms with Gasteiger partial charge in [-0.2, -0.15) is 0 Å². The number of hydrogen-bond acceptors (Lipinski definition) is 9. The molecular formula is C27H21ClN4O3S3. The Morgan fingerprint density at radius 1 is 1.11 bits per heavy atom. The standard InChI is InChI=1S/C27H21ClN4O3S3/c1-15-24(37-16(2)29-15)22(33)21-20(13-12-17-8-4-3-5-9-17)32(25(35)23(21)34)26-30-31-27(38-26)36-14-18-10-6-7-11-19(18)28/h3-13,20,34H,14H2,1-2H3/b13-12+. The number of ketones is 1. The SMILES string of the molecule is Cc1nc(C)c(C(=O)C2=C(O)C(=O)N(c3nnc(SCc4ccccc4Cl)s3)C2/C=C/c2ccccc2)s1. The lowest BCUT2D eigenvalue weighted by atomic mass is 10.0. The van der Waals surface area contributed by atoms with Crippen molar-refractivity contribution in [2.24, 2.45) is 0 Å². The number of rotatable bonds is 8. The van der Waals surface area contributed by atoms with Crippen molar-refractivity contribution in [2.75, 3.05) is 4.90 Å². The van der Waals surface area contributed by atoms with E-state index < -0.39 is 23.5 Å². The van der Waals surface area contributed by atoms with Crippen LogP contribution in [0.1, 0.15) is 31.5 Å². The van der Waals surface area contributed by atoms with Gasteiger partial charge in [-0.3, -0.25) is 14.5 Å². The Morgan fingerprint density at radius 2 is 1.84 bits per heavy atom. The average Bonchev–Trinajstić information content (AvgIpc) is 3.58. The second kappa shape index (κ2) is 11.2. The minimum Gasteiger partial charge on any atom is -0.503 e. The molecule has 0 spiro atoms. The van der Waals surface area contributed by atoms with E-state index in [-0.39, 0.29) is 10.7 Å². The maximum absolute atomic E-state index is 13.6. The Morgan fingerprint density at radius 3 is 2.55 bits per heavy atom. The molecule has 0 radical (unpaired) electrons. The first-order valence-electron chi connectivity index (χ1n) is 11.5. The largest absolute Gasteiger partial charge is 0.503 e. The highest BCUT2D eigenvalue weighted by atomic mass is 35.5. The normalized spacial score (nSPS) is 15.7. The first kappa shape index (κ1) is 26.3. The first-order chi connectivity index (χ1) is 18.3. The summed E-state index contributed by atoms with van der Waals surface area (Å²) in [5.74, 6) is -1.14. The van der Waals surface area contributed by atoms with Gasteiger partial charge >= 0.3 is 0 Å². The van der Waals surface area contributed by atoms with Crippen molar-refractivity contribution in [3.63, 3.8) is 0 Å². The van der Waals surface area contributed by atoms with Gasteiger partial charge in [0.05, 0.1) is 27.2 Å². The van der Waals surface area contributed by atoms with Crippen molar-refractivity contribution < 1.29 is 14.7 Å². The number of hydrogen-bond donors (Lipinski definition) is 1. The number of thiazole rings is 1. The molecular weight excluding hydrogens is 560 g/mol. The smallest absolute Gasteiger partial charge is 0.296 e. The third-order valence-electron chi connectivity index (χ3n) is 5.79. The molecule has 4 aromatic rings. The summed E-state index contributed by atoms with van der Waals surface area (Å²) in [5.41, 5.74) is 2.40. The van der Waals surface area contributed by atoms with E-state index in [1.54, 1.807) is 13.0 Å². The minimum absolute atomic E-state index is 0.00518. The van der Waals surface area contributed by atoms with Crippen LogP contribution in [0.15, 0.2) is 76.3 Å². The highest BCUT2D eigenvalue weighted by molar-refractivity contribution is 8.00. The van der Waals surface area contributed by atoms with E-state index in [0.29, 0.717) is 25.7 Å². The monoisotopic (exact) mass is 580 g/mol. The Labute approximate surface area is 236 Å². The van der Waals surface area contributed by atoms with Gasteiger partial charge in [0, 0.05) is 10.8 Å². The summed E-state index contributed by atoms with van der Waals surface area (Å²) >= 11 is 10.2. The number of nitrogens with zero attached hydrogens (tertiary/aromatic N) is 4. The first-order valence-corrected chi connectivity index (χ1v) is 14.5. The molecule has 11 heteroatoms. The van der Waals surface area contributed by atoms with Gasteiger partial charge in [-0.05, 0) is 31.0 Å². The number of benzene rings is 2. The van der Waals surface area contributed by atoms with Gasteiger partial charge in [0.15, 0.2) is 10.1 Å². The molecule has 0 saturated carbocycles. The van der Waals surface area contributed by atoms with E-state index >= 15 is 0 Å². The fourth-order valence-electron chi connectivity index (χ4n) is 4.00. The summed E-state index contributed by atoms with van der Waals surface area (Å²) in [4.78, 5) is 33.0. The second-order valence-corrected chi connectivity index (χ2v) is 12.1. The molecule has 3 heterocycles. The van der Waals surface area contributed by atoms with Crippen LogP contribution >= 0.6 is 46.0 Å². The molecule has 0 saturated heterocycles. The van der Waals surface area contributed by atoms with Crippen LogP contribution in [0.25, 0.3) is 6.08 Å². The predicted octanol–water partition coefficient (Wildman–Crippen LogP) is 6.68. The molecule has 0 fully saturated rings. The van der Waals surface area contributed by atoms with Gasteiger partial charge in [-0.25, -0.2) is 4.98 Å². The number of halogens is 1. The van der Waals surface area contributed by atoms with E-state index in [1.807, 2.05) is 67.6 Å². The zero-order valence-corrected chi connectivity index (χ0v) is 23.5. The Bertz CT molecular complexity index is 1580. The molecule has 5 rings (SSSR count). The molecule has 0 bridgehead atoms. The molecule has 1 atom stereocenters. The van der Waals surface area contributed by atoms with Crippen LogP contribution in [0.4, 0.5) is 5.13 Å². The topological polar surface area (TPSA) is 96.3 Å². The van der Waals surface area contributed by atoms with Gasteiger partial charge in [0.2, 0.25) is 10.9 Å². The van der Waals surface area contributed by atoms with Crippen LogP contribution in [0.3, 0.4) is 0 Å². The van der Waals surface area contributed by atoms with Crippen molar-refractivity contribution in [3.8, 4) is 0 Å². The van der Waals surface area contributed by atoms with E-state index in [4.69, 9.17) is 11.6 Å². The van der Waals surface area contributed by atoms with Gasteiger partial charge < -0.3 is 5.11 Å². The third kappa shape index (κ3) is 5.30. The maximum Gasteiger partial charge on any atom is 0.296 e. The number of aryl methyl sites for hydroxylation is 2. The van der Waals surface area contributed by atoms with Crippen LogP contribution < -0.4 is 4.90 Å². The molecule has 1 amide bonds. The summed E-state index contributed by atoms with van der Waals surface area (Å²) in [6.45, 7) is 3.55. The lowest BCUT2D eigenvalue weighted by Gasteiger charge is -2.20. The summed E-state index contributed by atoms with van der Waals surface area (Å²) in [6, 6.07) is 16.2. The number of carbonyl (C=O) groups is 2. The summed E-state index contributed by atoms with van der Waals surface area (Å²) in [7, 11) is 0. The van der Waals surface area contributed by atoms with E-state index in [1.165, 1.54) is 39.3 Å². The van der Waals surface area contributed by atoms with Gasteiger partial charge in [-0.15, -0.1) is 21.5 Å². The van der Waals surface area contributed by atoms with Crippen LogP contribution in [-0.2, 0) is 10.5 Å². The molecule has 38 heavy (non-hydrogen) atoms. The molecule has 1 aliphatic rings. The predicted molar refractivity (Wildman–Crippen MR) is 153 cm³/mol. The van der Waals surface area contributed by atoms with E-state index in [9.17, 15) is 14.7 Å². The Kier molecular flexibility index (Phi) is 7.75. The molecule has 1 unspecified atom stereocenters. The highest BCUT2D eigenvalue weighted by Crippen LogP contribution is 2.38. The quantitative estimate of drug-likeness (QED) is 0.141. The lowest BCUT2D eigenvalue weighted by molar-refractivity contribution is -0.116. The van der Waals surface area contributed by atoms with Gasteiger partial charge in [0.1, 0.15) is 0 Å². The van der Waals surface area contributed by atoms with Crippen LogP contribution in [0.5, 0.6) is 0 Å². The van der Waals surface area contributed by atoms with Gasteiger partial charge in [-0.1, -0.05) is 95.4 Å². The van der Waals surface area contributed by atoms with Crippen molar-refractivity contribution in [1.82, 2.24) is 15.2 Å². The number of anilines is 1. The Balaban J connectivity index is 1.48. The number of Topliss-reactive ketones (excluding diaryl/α,β-unsaturated/α-hetero) is 1. The number of aromatic nitrogens is 3. The number of carbonyl (C=O) groups excluding carboxylic acids is 2. The molecule has 0 aliphatic carbocycles. The lowest BCUT2D eigenvalue weighted by Crippen LogP contribution is -2.35. The minimum atomic E-state index is -0.869. The van der Waals surface area contributed by atoms with Crippen molar-refractivity contribution in [2.45, 2.75) is 30.0 Å².